The molecule has 4 aliphatic rings. The molecule has 65 heavy (non-hydrogen) atoms. The second kappa shape index (κ2) is 20.6. The number of nitrogens with one attached hydrogen (secondary N) is 2. The zero-order valence-corrected chi connectivity index (χ0v) is 37.3. The number of ether oxygens (including phenoxy) is 2. The van der Waals surface area contributed by atoms with Crippen LogP contribution in [0, 0.1) is 19.8 Å². The SMILES string of the molecule is Cc1cc(C)cc([C@H](C(=O)O)N2CC[C@@H](OCCCCc3ccc4c(n3)NC(C3CNc5nc(CCCO[C@@H]6CCN([C@H](C(=O)O)c7ccc(C(F)(F)F)cc7)C6)ccc5C3)CC4)C2)c1. The molecule has 0 bridgehead atoms. The third-order valence-corrected chi connectivity index (χ3v) is 13.5. The highest BCUT2D eigenvalue weighted by atomic mass is 19.4. The standard InChI is InChI=1S/C50H61F3N6O6/c1-31-24-32(2)26-36(25-31)45(49(62)63)59-21-19-41(30-59)64-22-4-3-6-39-15-10-34-12-17-43(57-47(34)56-39)37-27-35-11-16-40(55-46(35)54-28-37)7-5-23-65-42-18-20-58(29-42)44(48(60)61)33-8-13-38(14-9-33)50(51,52)53/h8-11,13-16,24-26,37,41-45H,3-7,12,17-23,27-30H2,1-2H3,(H,54,55)(H,56,57)(H,60,61)(H,62,63)/t37?,41-,42-,43?,44+,45-/m1/s1. The first-order chi connectivity index (χ1) is 31.3. The summed E-state index contributed by atoms with van der Waals surface area (Å²) in [5.41, 5.74) is 7.01. The van der Waals surface area contributed by atoms with E-state index in [1.165, 1.54) is 23.3 Å². The van der Waals surface area contributed by atoms with Crippen LogP contribution in [0.5, 0.6) is 0 Å². The Labute approximate surface area is 378 Å². The Hall–Kier alpha value is -5.09. The maximum Gasteiger partial charge on any atom is 0.416 e. The maximum absolute atomic E-state index is 13.0. The molecule has 0 amide bonds. The number of likely N-dealkylation sites (tertiary alicyclic amines) is 2. The number of carbonyl (C=O) groups is 2. The van der Waals surface area contributed by atoms with Gasteiger partial charge in [-0.15, -0.1) is 0 Å². The zero-order valence-electron chi connectivity index (χ0n) is 37.3. The van der Waals surface area contributed by atoms with Gasteiger partial charge in [-0.1, -0.05) is 53.6 Å². The van der Waals surface area contributed by atoms with Crippen molar-refractivity contribution in [2.75, 3.05) is 56.6 Å². The number of carboxylic acid groups (broad SMARTS) is 2. The van der Waals surface area contributed by atoms with E-state index in [1.54, 1.807) is 4.90 Å². The second-order valence-corrected chi connectivity index (χ2v) is 18.4. The van der Waals surface area contributed by atoms with E-state index in [1.807, 2.05) is 30.9 Å². The maximum atomic E-state index is 13.0. The number of alkyl halides is 3. The molecule has 2 saturated heterocycles. The summed E-state index contributed by atoms with van der Waals surface area (Å²) in [7, 11) is 0. The molecule has 12 nitrogen and oxygen atoms in total. The fourth-order valence-electron chi connectivity index (χ4n) is 10.2. The van der Waals surface area contributed by atoms with Gasteiger partial charge in [-0.3, -0.25) is 19.4 Å². The number of rotatable bonds is 18. The smallest absolute Gasteiger partial charge is 0.416 e. The minimum atomic E-state index is -4.48. The molecular formula is C50H61F3N6O6. The normalized spacial score (nSPS) is 22.1. The summed E-state index contributed by atoms with van der Waals surface area (Å²) < 4.78 is 51.5. The zero-order chi connectivity index (χ0) is 45.7. The van der Waals surface area contributed by atoms with Crippen LogP contribution in [0.25, 0.3) is 0 Å². The Morgan fingerprint density at radius 2 is 1.32 bits per heavy atom. The number of carboxylic acids is 2. The number of anilines is 2. The highest BCUT2D eigenvalue weighted by molar-refractivity contribution is 5.76. The Kier molecular flexibility index (Phi) is 14.7. The van der Waals surface area contributed by atoms with Gasteiger partial charge >= 0.3 is 18.1 Å². The predicted octanol–water partition coefficient (Wildman–Crippen LogP) is 8.21. The average Bonchev–Trinajstić information content (AvgIpc) is 3.94. The Morgan fingerprint density at radius 3 is 1.95 bits per heavy atom. The molecule has 2 fully saturated rings. The van der Waals surface area contributed by atoms with Gasteiger partial charge in [0.1, 0.15) is 23.7 Å². The monoisotopic (exact) mass is 898 g/mol. The van der Waals surface area contributed by atoms with E-state index in [-0.39, 0.29) is 12.2 Å². The van der Waals surface area contributed by atoms with E-state index in [0.29, 0.717) is 63.3 Å². The van der Waals surface area contributed by atoms with Crippen LogP contribution in [0.4, 0.5) is 24.8 Å². The molecule has 4 N–H and O–H groups in total. The van der Waals surface area contributed by atoms with Crippen molar-refractivity contribution in [1.29, 1.82) is 0 Å². The summed E-state index contributed by atoms with van der Waals surface area (Å²) in [4.78, 5) is 38.2. The van der Waals surface area contributed by atoms with Gasteiger partial charge in [0.25, 0.3) is 0 Å². The molecule has 0 spiro atoms. The first-order valence-corrected chi connectivity index (χ1v) is 23.2. The third kappa shape index (κ3) is 11.7. The molecule has 2 unspecified atom stereocenters. The number of aryl methyl sites for hydroxylation is 5. The van der Waals surface area contributed by atoms with Crippen LogP contribution in [0.2, 0.25) is 0 Å². The van der Waals surface area contributed by atoms with Crippen LogP contribution in [0.15, 0.2) is 66.7 Å². The summed E-state index contributed by atoms with van der Waals surface area (Å²) in [6, 6.07) is 17.6. The number of benzene rings is 2. The number of aromatic nitrogens is 2. The Bertz CT molecular complexity index is 2270. The lowest BCUT2D eigenvalue weighted by molar-refractivity contribution is -0.144. The number of hydrogen-bond acceptors (Lipinski definition) is 10. The lowest BCUT2D eigenvalue weighted by Gasteiger charge is -2.36. The molecule has 2 aromatic carbocycles. The summed E-state index contributed by atoms with van der Waals surface area (Å²) in [5, 5.41) is 27.4. The molecule has 8 rings (SSSR count). The van der Waals surface area contributed by atoms with Gasteiger partial charge in [0.15, 0.2) is 0 Å². The molecule has 6 heterocycles. The molecule has 4 aromatic rings. The summed E-state index contributed by atoms with van der Waals surface area (Å²) in [6.45, 7) is 8.17. The molecule has 2 aromatic heterocycles. The number of pyridine rings is 2. The number of halogens is 3. The van der Waals surface area contributed by atoms with Crippen LogP contribution >= 0.6 is 0 Å². The number of hydrogen-bond donors (Lipinski definition) is 4. The van der Waals surface area contributed by atoms with Crippen molar-refractivity contribution in [2.45, 2.75) is 115 Å². The van der Waals surface area contributed by atoms with Crippen LogP contribution in [-0.4, -0.2) is 106 Å². The molecule has 0 aliphatic carbocycles. The molecule has 4 aliphatic heterocycles. The minimum Gasteiger partial charge on any atom is -0.480 e. The van der Waals surface area contributed by atoms with Gasteiger partial charge in [-0.05, 0) is 125 Å². The van der Waals surface area contributed by atoms with Gasteiger partial charge in [-0.2, -0.15) is 13.2 Å². The molecule has 15 heteroatoms. The fourth-order valence-corrected chi connectivity index (χ4v) is 10.2. The lowest BCUT2D eigenvalue weighted by Crippen LogP contribution is -2.40. The molecule has 0 radical (unpaired) electrons. The van der Waals surface area contributed by atoms with Gasteiger partial charge in [-0.25, -0.2) is 9.97 Å². The molecule has 348 valence electrons. The molecular weight excluding hydrogens is 838 g/mol. The van der Waals surface area contributed by atoms with Crippen molar-refractivity contribution in [1.82, 2.24) is 19.8 Å². The topological polar surface area (TPSA) is 149 Å². The number of nitrogens with zero attached hydrogens (tertiary/aromatic N) is 4. The van der Waals surface area contributed by atoms with Gasteiger partial charge in [0, 0.05) is 69.3 Å². The Morgan fingerprint density at radius 1 is 0.738 bits per heavy atom. The van der Waals surface area contributed by atoms with Crippen molar-refractivity contribution >= 4 is 23.6 Å². The highest BCUT2D eigenvalue weighted by Crippen LogP contribution is 2.35. The van der Waals surface area contributed by atoms with Crippen molar-refractivity contribution in [2.24, 2.45) is 5.92 Å². The average molecular weight is 899 g/mol. The van der Waals surface area contributed by atoms with Gasteiger partial charge in [0.2, 0.25) is 0 Å². The van der Waals surface area contributed by atoms with E-state index in [2.05, 4.69) is 41.0 Å². The van der Waals surface area contributed by atoms with E-state index < -0.39 is 35.8 Å². The number of aliphatic carboxylic acids is 2. The summed E-state index contributed by atoms with van der Waals surface area (Å²) in [5.74, 6) is 0.396. The summed E-state index contributed by atoms with van der Waals surface area (Å²) in [6.07, 6.45) is 4.07. The van der Waals surface area contributed by atoms with Gasteiger partial charge in [0.05, 0.1) is 17.8 Å². The van der Waals surface area contributed by atoms with Crippen LogP contribution < -0.4 is 10.6 Å². The van der Waals surface area contributed by atoms with Crippen LogP contribution in [0.3, 0.4) is 0 Å². The minimum absolute atomic E-state index is 0.0342. The molecule has 6 atom stereocenters. The van der Waals surface area contributed by atoms with E-state index in [0.717, 1.165) is 116 Å². The quantitative estimate of drug-likeness (QED) is 0.0714. The van der Waals surface area contributed by atoms with E-state index >= 15 is 0 Å². The van der Waals surface area contributed by atoms with Crippen molar-refractivity contribution in [3.63, 3.8) is 0 Å². The predicted molar refractivity (Wildman–Crippen MR) is 241 cm³/mol. The second-order valence-electron chi connectivity index (χ2n) is 18.4. The van der Waals surface area contributed by atoms with Gasteiger partial charge < -0.3 is 30.3 Å². The first-order valence-electron chi connectivity index (χ1n) is 23.2. The van der Waals surface area contributed by atoms with Crippen LogP contribution in [-0.2, 0) is 50.9 Å². The lowest BCUT2D eigenvalue weighted by atomic mass is 9.84. The van der Waals surface area contributed by atoms with E-state index in [9.17, 15) is 33.0 Å². The molecule has 0 saturated carbocycles. The van der Waals surface area contributed by atoms with Crippen molar-refractivity contribution in [3.05, 3.63) is 117 Å². The third-order valence-electron chi connectivity index (χ3n) is 13.5. The first kappa shape index (κ1) is 46.4. The highest BCUT2D eigenvalue weighted by Gasteiger charge is 2.37. The number of fused-ring (bicyclic) bond motifs is 2. The summed E-state index contributed by atoms with van der Waals surface area (Å²) >= 11 is 0. The Balaban J connectivity index is 0.739. The number of unbranched alkanes of at least 4 members (excludes halogenated alkanes) is 1. The largest absolute Gasteiger partial charge is 0.480 e. The van der Waals surface area contributed by atoms with Crippen molar-refractivity contribution in [3.8, 4) is 0 Å². The fraction of sp³-hybridized carbons (Fsp3) is 0.520. The van der Waals surface area contributed by atoms with E-state index in [4.69, 9.17) is 19.4 Å². The van der Waals surface area contributed by atoms with Crippen LogP contribution in [0.1, 0.15) is 101 Å². The van der Waals surface area contributed by atoms with Crippen molar-refractivity contribution < 1.29 is 42.4 Å².